The van der Waals surface area contributed by atoms with E-state index in [1.165, 1.54) is 0 Å². The largest absolute Gasteiger partial charge is 0.263 e. The molecule has 0 N–H and O–H groups in total. The first-order valence-corrected chi connectivity index (χ1v) is 2.87. The number of aromatic nitrogens is 1. The molecule has 1 aromatic heterocycles. The summed E-state index contributed by atoms with van der Waals surface area (Å²) in [5.74, 6) is 0. The summed E-state index contributed by atoms with van der Waals surface area (Å²) in [6, 6.07) is 0. The number of halogens is 1. The lowest BCUT2D eigenvalue weighted by Crippen LogP contribution is -2.22. The molecule has 0 saturated heterocycles. The Bertz CT molecular complexity index is 305. The van der Waals surface area contributed by atoms with Crippen molar-refractivity contribution in [3.8, 4) is 0 Å². The molecule has 1 nitrogen and oxygen atoms in total. The summed E-state index contributed by atoms with van der Waals surface area (Å²) in [6.45, 7) is 7.36. The van der Waals surface area contributed by atoms with Gasteiger partial charge in [0.2, 0.25) is 0 Å². The molecule has 1 heterocycles. The van der Waals surface area contributed by atoms with Crippen molar-refractivity contribution < 1.29 is 0 Å². The van der Waals surface area contributed by atoms with Gasteiger partial charge in [0.1, 0.15) is 0 Å². The first kappa shape index (κ1) is 6.30. The van der Waals surface area contributed by atoms with Gasteiger partial charge in [-0.2, -0.15) is 0 Å². The lowest BCUT2D eigenvalue weighted by molar-refractivity contribution is 1.28. The van der Waals surface area contributed by atoms with Crippen molar-refractivity contribution in [1.29, 1.82) is 0 Å². The molecule has 0 atom stereocenters. The van der Waals surface area contributed by atoms with Gasteiger partial charge >= 0.3 is 0 Å². The second-order valence-corrected chi connectivity index (χ2v) is 2.17. The van der Waals surface area contributed by atoms with E-state index in [9.17, 15) is 0 Å². The molecule has 0 spiro atoms. The first-order valence-electron chi connectivity index (χ1n) is 2.49. The van der Waals surface area contributed by atoms with Crippen LogP contribution in [0.2, 0.25) is 5.02 Å². The van der Waals surface area contributed by atoms with Crippen LogP contribution in [0, 0.1) is 0 Å². The maximum atomic E-state index is 5.65. The fourth-order valence-electron chi connectivity index (χ4n) is 0.502. The Labute approximate surface area is 58.3 Å². The van der Waals surface area contributed by atoms with Crippen molar-refractivity contribution in [3.63, 3.8) is 0 Å². The molecule has 0 aliphatic heterocycles. The molecule has 0 aliphatic rings. The Morgan fingerprint density at radius 1 is 1.33 bits per heavy atom. The summed E-state index contributed by atoms with van der Waals surface area (Å²) < 4.78 is 0. The third kappa shape index (κ3) is 1.11. The van der Waals surface area contributed by atoms with Crippen LogP contribution in [0.15, 0.2) is 12.4 Å². The first-order chi connectivity index (χ1) is 4.22. The zero-order chi connectivity index (χ0) is 6.85. The normalized spacial score (nSPS) is 9.44. The summed E-state index contributed by atoms with van der Waals surface area (Å²) in [4.78, 5) is 3.81. The lowest BCUT2D eigenvalue weighted by atomic mass is 10.3. The van der Waals surface area contributed by atoms with Crippen molar-refractivity contribution in [2.75, 3.05) is 0 Å². The predicted molar refractivity (Wildman–Crippen MR) is 39.5 cm³/mol. The van der Waals surface area contributed by atoms with Crippen molar-refractivity contribution in [2.45, 2.75) is 0 Å². The van der Waals surface area contributed by atoms with Crippen LogP contribution in [-0.2, 0) is 0 Å². The molecule has 0 aliphatic carbocycles. The average molecular weight is 140 g/mol. The van der Waals surface area contributed by atoms with Crippen LogP contribution in [0.3, 0.4) is 0 Å². The Morgan fingerprint density at radius 2 is 2.00 bits per heavy atom. The molecule has 0 bridgehead atoms. The van der Waals surface area contributed by atoms with Crippen LogP contribution in [-0.4, -0.2) is 4.98 Å². The van der Waals surface area contributed by atoms with E-state index in [-0.39, 0.29) is 0 Å². The summed E-state index contributed by atoms with van der Waals surface area (Å²) in [6.07, 6.45) is 3.19. The average Bonchev–Trinajstić information content (AvgIpc) is 1.83. The van der Waals surface area contributed by atoms with Gasteiger partial charge in [0.15, 0.2) is 0 Å². The number of hydrogen-bond donors (Lipinski definition) is 0. The Balaban J connectivity index is 3.63. The van der Waals surface area contributed by atoms with Crippen LogP contribution in [0.4, 0.5) is 0 Å². The zero-order valence-electron chi connectivity index (χ0n) is 4.89. The minimum atomic E-state index is 0.572. The fraction of sp³-hybridized carbons (Fsp3) is 0. The van der Waals surface area contributed by atoms with Crippen LogP contribution in [0.25, 0.3) is 13.2 Å². The number of hydrogen-bond acceptors (Lipinski definition) is 1. The maximum Gasteiger partial charge on any atom is 0.0661 e. The van der Waals surface area contributed by atoms with E-state index in [1.807, 2.05) is 0 Å². The lowest BCUT2D eigenvalue weighted by Gasteiger charge is -1.86. The van der Waals surface area contributed by atoms with E-state index < -0.39 is 0 Å². The van der Waals surface area contributed by atoms with Gasteiger partial charge in [-0.3, -0.25) is 4.98 Å². The van der Waals surface area contributed by atoms with Crippen molar-refractivity contribution >= 4 is 24.8 Å². The summed E-state index contributed by atoms with van der Waals surface area (Å²) in [5.41, 5.74) is 0. The molecule has 46 valence electrons. The van der Waals surface area contributed by atoms with Crippen LogP contribution in [0.5, 0.6) is 0 Å². The smallest absolute Gasteiger partial charge is 0.0661 e. The molecule has 0 radical (unpaired) electrons. The minimum Gasteiger partial charge on any atom is -0.263 e. The molecule has 1 rings (SSSR count). The number of nitrogens with zero attached hydrogens (tertiary/aromatic N) is 1. The van der Waals surface area contributed by atoms with Crippen molar-refractivity contribution in [3.05, 3.63) is 27.9 Å². The highest BCUT2D eigenvalue weighted by atomic mass is 35.5. The molecule has 0 saturated carbocycles. The van der Waals surface area contributed by atoms with E-state index in [1.54, 1.807) is 12.4 Å². The standard InChI is InChI=1S/C7H6ClN/c1-5-3-9-4-7(8)6(5)2/h3-4H,1-2H2. The van der Waals surface area contributed by atoms with E-state index >= 15 is 0 Å². The Kier molecular flexibility index (Phi) is 1.54. The van der Waals surface area contributed by atoms with E-state index in [2.05, 4.69) is 18.1 Å². The highest BCUT2D eigenvalue weighted by Crippen LogP contribution is 1.91. The quantitative estimate of drug-likeness (QED) is 0.512. The zero-order valence-corrected chi connectivity index (χ0v) is 5.65. The van der Waals surface area contributed by atoms with Crippen LogP contribution >= 0.6 is 11.6 Å². The molecule has 0 aromatic carbocycles. The topological polar surface area (TPSA) is 12.9 Å². The number of rotatable bonds is 0. The van der Waals surface area contributed by atoms with E-state index in [0.717, 1.165) is 10.4 Å². The van der Waals surface area contributed by atoms with Gasteiger partial charge in [0.25, 0.3) is 0 Å². The second-order valence-electron chi connectivity index (χ2n) is 1.76. The van der Waals surface area contributed by atoms with Gasteiger partial charge in [0.05, 0.1) is 5.02 Å². The fourth-order valence-corrected chi connectivity index (χ4v) is 0.680. The summed E-state index contributed by atoms with van der Waals surface area (Å²) in [7, 11) is 0. The summed E-state index contributed by atoms with van der Waals surface area (Å²) in [5, 5.41) is 2.11. The molecular formula is C7H6ClN. The molecule has 1 aromatic rings. The second kappa shape index (κ2) is 2.19. The third-order valence-electron chi connectivity index (χ3n) is 1.09. The van der Waals surface area contributed by atoms with Crippen molar-refractivity contribution in [2.24, 2.45) is 0 Å². The van der Waals surface area contributed by atoms with Crippen LogP contribution < -0.4 is 10.4 Å². The van der Waals surface area contributed by atoms with Crippen molar-refractivity contribution in [1.82, 2.24) is 4.98 Å². The molecule has 9 heavy (non-hydrogen) atoms. The molecule has 0 unspecified atom stereocenters. The maximum absolute atomic E-state index is 5.65. The number of pyridine rings is 1. The summed E-state index contributed by atoms with van der Waals surface area (Å²) >= 11 is 5.65. The highest BCUT2D eigenvalue weighted by molar-refractivity contribution is 6.30. The van der Waals surface area contributed by atoms with Crippen LogP contribution in [0.1, 0.15) is 0 Å². The predicted octanol–water partition coefficient (Wildman–Crippen LogP) is 0.556. The van der Waals surface area contributed by atoms with Gasteiger partial charge in [-0.25, -0.2) is 0 Å². The molecule has 0 fully saturated rings. The highest BCUT2D eigenvalue weighted by Gasteiger charge is 1.85. The Hall–Kier alpha value is -0.820. The SMILES string of the molecule is C=c1cncc(Cl)c1=C. The van der Waals surface area contributed by atoms with Gasteiger partial charge in [-0.1, -0.05) is 24.8 Å². The van der Waals surface area contributed by atoms with Gasteiger partial charge in [-0.05, 0) is 10.4 Å². The van der Waals surface area contributed by atoms with Gasteiger partial charge in [-0.15, -0.1) is 0 Å². The molecule has 2 heteroatoms. The molecular weight excluding hydrogens is 134 g/mol. The minimum absolute atomic E-state index is 0.572. The van der Waals surface area contributed by atoms with E-state index in [4.69, 9.17) is 11.6 Å². The molecule has 0 amide bonds. The Morgan fingerprint density at radius 3 is 2.44 bits per heavy atom. The van der Waals surface area contributed by atoms with Gasteiger partial charge < -0.3 is 0 Å². The van der Waals surface area contributed by atoms with Gasteiger partial charge in [0, 0.05) is 12.4 Å². The third-order valence-corrected chi connectivity index (χ3v) is 1.42. The monoisotopic (exact) mass is 139 g/mol. The van der Waals surface area contributed by atoms with E-state index in [0.29, 0.717) is 5.02 Å².